The SMILES string of the molecule is C=C(C)C(=O)Oc1ccc(/C(=C(\CC)CCC)c2ccc(OC(=O)C(=C)C)c(OC(=O)C(=C)C)c2)cc1. The van der Waals surface area contributed by atoms with Gasteiger partial charge in [-0.05, 0) is 74.6 Å². The molecule has 0 fully saturated rings. The summed E-state index contributed by atoms with van der Waals surface area (Å²) in [5.41, 5.74) is 4.54. The van der Waals surface area contributed by atoms with Crippen LogP contribution in [0.2, 0.25) is 0 Å². The van der Waals surface area contributed by atoms with Crippen LogP contribution < -0.4 is 14.2 Å². The Morgan fingerprint density at radius 1 is 0.676 bits per heavy atom. The maximum Gasteiger partial charge on any atom is 0.338 e. The quantitative estimate of drug-likeness (QED) is 0.185. The maximum atomic E-state index is 12.4. The summed E-state index contributed by atoms with van der Waals surface area (Å²) in [6.07, 6.45) is 2.58. The average molecular weight is 503 g/mol. The van der Waals surface area contributed by atoms with Crippen molar-refractivity contribution in [1.29, 1.82) is 0 Å². The second kappa shape index (κ2) is 13.2. The van der Waals surface area contributed by atoms with E-state index in [2.05, 4.69) is 33.6 Å². The predicted octanol–water partition coefficient (Wildman–Crippen LogP) is 7.14. The molecule has 0 amide bonds. The summed E-state index contributed by atoms with van der Waals surface area (Å²) in [5.74, 6) is -1.16. The summed E-state index contributed by atoms with van der Waals surface area (Å²) in [5, 5.41) is 0. The number of esters is 3. The van der Waals surface area contributed by atoms with E-state index < -0.39 is 17.9 Å². The fraction of sp³-hybridized carbons (Fsp3) is 0.258. The van der Waals surface area contributed by atoms with Gasteiger partial charge in [-0.2, -0.15) is 0 Å². The number of hydrogen-bond acceptors (Lipinski definition) is 6. The number of carbonyl (C=O) groups is 3. The van der Waals surface area contributed by atoms with Crippen LogP contribution >= 0.6 is 0 Å². The minimum absolute atomic E-state index is 0.0940. The largest absolute Gasteiger partial charge is 0.423 e. The maximum absolute atomic E-state index is 12.4. The van der Waals surface area contributed by atoms with Gasteiger partial charge in [0.2, 0.25) is 0 Å². The van der Waals surface area contributed by atoms with Gasteiger partial charge in [0.05, 0.1) is 0 Å². The molecule has 0 saturated carbocycles. The topological polar surface area (TPSA) is 78.9 Å². The summed E-state index contributed by atoms with van der Waals surface area (Å²) in [4.78, 5) is 36.4. The lowest BCUT2D eigenvalue weighted by Crippen LogP contribution is -2.13. The second-order valence-electron chi connectivity index (χ2n) is 8.78. The molecule has 0 saturated heterocycles. The molecule has 2 aromatic carbocycles. The van der Waals surface area contributed by atoms with Gasteiger partial charge in [-0.3, -0.25) is 0 Å². The molecule has 0 atom stereocenters. The third kappa shape index (κ3) is 7.90. The molecule has 2 aromatic rings. The standard InChI is InChI=1S/C31H34O6/c1-9-11-22(10-2)28(23-12-15-25(16-13-23)35-29(32)19(3)4)24-14-17-26(36-30(33)20(5)6)27(18-24)37-31(34)21(7)8/h12-18H,3,5,7,9-11H2,1-2,4,6,8H3/b28-22-. The Bertz CT molecular complexity index is 1260. The lowest BCUT2D eigenvalue weighted by atomic mass is 9.89. The smallest absolute Gasteiger partial charge is 0.338 e. The van der Waals surface area contributed by atoms with E-state index in [0.717, 1.165) is 36.0 Å². The Morgan fingerprint density at radius 3 is 1.65 bits per heavy atom. The first-order valence-electron chi connectivity index (χ1n) is 12.1. The van der Waals surface area contributed by atoms with Crippen molar-refractivity contribution in [3.63, 3.8) is 0 Å². The van der Waals surface area contributed by atoms with Crippen LogP contribution in [0.1, 0.15) is 65.0 Å². The summed E-state index contributed by atoms with van der Waals surface area (Å²) in [6, 6.07) is 12.3. The Morgan fingerprint density at radius 2 is 1.16 bits per heavy atom. The molecule has 0 aromatic heterocycles. The monoisotopic (exact) mass is 502 g/mol. The summed E-state index contributed by atoms with van der Waals surface area (Å²) in [6.45, 7) is 19.7. The van der Waals surface area contributed by atoms with Crippen molar-refractivity contribution in [2.24, 2.45) is 0 Å². The number of hydrogen-bond donors (Lipinski definition) is 0. The molecule has 0 aliphatic heterocycles. The molecule has 0 bridgehead atoms. The molecule has 0 radical (unpaired) electrons. The third-order valence-corrected chi connectivity index (χ3v) is 5.37. The molecule has 0 spiro atoms. The van der Waals surface area contributed by atoms with Crippen LogP contribution in [-0.4, -0.2) is 17.9 Å². The van der Waals surface area contributed by atoms with Crippen LogP contribution in [0.3, 0.4) is 0 Å². The minimum Gasteiger partial charge on any atom is -0.423 e. The van der Waals surface area contributed by atoms with Crippen LogP contribution in [0.5, 0.6) is 17.2 Å². The van der Waals surface area contributed by atoms with Gasteiger partial charge in [0.1, 0.15) is 5.75 Å². The Labute approximate surface area is 218 Å². The van der Waals surface area contributed by atoms with Crippen molar-refractivity contribution in [2.75, 3.05) is 0 Å². The van der Waals surface area contributed by atoms with Crippen molar-refractivity contribution in [3.8, 4) is 17.2 Å². The van der Waals surface area contributed by atoms with Crippen LogP contribution in [0.15, 0.2) is 84.5 Å². The Kier molecular flexibility index (Phi) is 10.4. The lowest BCUT2D eigenvalue weighted by molar-refractivity contribution is -0.132. The molecule has 6 heteroatoms. The summed E-state index contributed by atoms with van der Waals surface area (Å²) >= 11 is 0. The van der Waals surface area contributed by atoms with E-state index in [1.807, 2.05) is 18.2 Å². The molecule has 37 heavy (non-hydrogen) atoms. The number of carbonyl (C=O) groups excluding carboxylic acids is 3. The van der Waals surface area contributed by atoms with Crippen molar-refractivity contribution >= 4 is 23.5 Å². The van der Waals surface area contributed by atoms with Crippen LogP contribution in [-0.2, 0) is 14.4 Å². The van der Waals surface area contributed by atoms with Crippen molar-refractivity contribution in [3.05, 3.63) is 95.6 Å². The first kappa shape index (κ1) is 29.0. The van der Waals surface area contributed by atoms with Crippen molar-refractivity contribution in [2.45, 2.75) is 53.9 Å². The Hall–Kier alpha value is -4.19. The van der Waals surface area contributed by atoms with E-state index >= 15 is 0 Å². The second-order valence-corrected chi connectivity index (χ2v) is 8.78. The van der Waals surface area contributed by atoms with Crippen LogP contribution in [0, 0.1) is 0 Å². The van der Waals surface area contributed by atoms with E-state index in [1.165, 1.54) is 19.4 Å². The van der Waals surface area contributed by atoms with Gasteiger partial charge >= 0.3 is 17.9 Å². The average Bonchev–Trinajstić information content (AvgIpc) is 2.85. The van der Waals surface area contributed by atoms with Gasteiger partial charge in [0.15, 0.2) is 11.5 Å². The van der Waals surface area contributed by atoms with Crippen LogP contribution in [0.4, 0.5) is 0 Å². The highest BCUT2D eigenvalue weighted by atomic mass is 16.6. The van der Waals surface area contributed by atoms with E-state index in [0.29, 0.717) is 11.3 Å². The number of ether oxygens (including phenoxy) is 3. The van der Waals surface area contributed by atoms with E-state index in [1.54, 1.807) is 31.2 Å². The van der Waals surface area contributed by atoms with Gasteiger partial charge in [0, 0.05) is 16.7 Å². The van der Waals surface area contributed by atoms with Gasteiger partial charge in [-0.15, -0.1) is 0 Å². The molecular weight excluding hydrogens is 468 g/mol. The molecule has 194 valence electrons. The Balaban J connectivity index is 2.64. The van der Waals surface area contributed by atoms with Crippen LogP contribution in [0.25, 0.3) is 5.57 Å². The minimum atomic E-state index is -0.636. The molecular formula is C31H34O6. The molecule has 0 heterocycles. The summed E-state index contributed by atoms with van der Waals surface area (Å²) < 4.78 is 16.3. The number of allylic oxidation sites excluding steroid dienone is 1. The molecule has 0 aliphatic carbocycles. The van der Waals surface area contributed by atoms with Crippen molar-refractivity contribution in [1.82, 2.24) is 0 Å². The zero-order valence-corrected chi connectivity index (χ0v) is 22.2. The molecule has 0 N–H and O–H groups in total. The molecule has 0 aliphatic rings. The van der Waals surface area contributed by atoms with Crippen molar-refractivity contribution < 1.29 is 28.6 Å². The van der Waals surface area contributed by atoms with E-state index in [-0.39, 0.29) is 22.6 Å². The summed E-state index contributed by atoms with van der Waals surface area (Å²) in [7, 11) is 0. The highest BCUT2D eigenvalue weighted by Crippen LogP contribution is 2.37. The van der Waals surface area contributed by atoms with Gasteiger partial charge in [0.25, 0.3) is 0 Å². The first-order chi connectivity index (χ1) is 17.5. The van der Waals surface area contributed by atoms with Gasteiger partial charge in [-0.1, -0.05) is 63.8 Å². The lowest BCUT2D eigenvalue weighted by Gasteiger charge is -2.18. The number of rotatable bonds is 11. The van der Waals surface area contributed by atoms with Gasteiger partial charge < -0.3 is 14.2 Å². The van der Waals surface area contributed by atoms with E-state index in [4.69, 9.17) is 14.2 Å². The molecule has 6 nitrogen and oxygen atoms in total. The van der Waals surface area contributed by atoms with Gasteiger partial charge in [-0.25, -0.2) is 14.4 Å². The zero-order valence-electron chi connectivity index (χ0n) is 22.2. The highest BCUT2D eigenvalue weighted by Gasteiger charge is 2.19. The number of benzene rings is 2. The van der Waals surface area contributed by atoms with E-state index in [9.17, 15) is 14.4 Å². The normalized spacial score (nSPS) is 11.2. The molecule has 0 unspecified atom stereocenters. The zero-order chi connectivity index (χ0) is 27.7. The molecule has 2 rings (SSSR count). The predicted molar refractivity (Wildman–Crippen MR) is 145 cm³/mol. The highest BCUT2D eigenvalue weighted by molar-refractivity contribution is 5.92. The fourth-order valence-electron chi connectivity index (χ4n) is 3.44. The first-order valence-corrected chi connectivity index (χ1v) is 12.1. The third-order valence-electron chi connectivity index (χ3n) is 5.37. The fourth-order valence-corrected chi connectivity index (χ4v) is 3.44.